The number of nitrogens with zero attached hydrogens (tertiary/aromatic N) is 3. The maximum Gasteiger partial charge on any atom is 0.177 e. The Kier molecular flexibility index (Phi) is 2.99. The maximum absolute atomic E-state index is 9.02. The quantitative estimate of drug-likeness (QED) is 0.552. The fourth-order valence-corrected chi connectivity index (χ4v) is 2.72. The van der Waals surface area contributed by atoms with Crippen LogP contribution in [0.3, 0.4) is 0 Å². The molecule has 0 fully saturated rings. The number of furan rings is 1. The molecule has 23 heavy (non-hydrogen) atoms. The lowest BCUT2D eigenvalue weighted by Crippen LogP contribution is -1.90. The van der Waals surface area contributed by atoms with Crippen molar-refractivity contribution in [3.63, 3.8) is 0 Å². The van der Waals surface area contributed by atoms with Gasteiger partial charge >= 0.3 is 0 Å². The van der Waals surface area contributed by atoms with Crippen molar-refractivity contribution in [3.05, 3.63) is 66.2 Å². The number of nitriles is 1. The third-order valence-electron chi connectivity index (χ3n) is 3.89. The van der Waals surface area contributed by atoms with E-state index in [4.69, 9.17) is 9.68 Å². The third-order valence-corrected chi connectivity index (χ3v) is 3.89. The number of para-hydroxylation sites is 2. The summed E-state index contributed by atoms with van der Waals surface area (Å²) in [6.07, 6.45) is 0. The van der Waals surface area contributed by atoms with Gasteiger partial charge < -0.3 is 8.98 Å². The van der Waals surface area contributed by atoms with Crippen molar-refractivity contribution >= 4 is 11.0 Å². The van der Waals surface area contributed by atoms with Crippen LogP contribution in [0, 0.1) is 11.3 Å². The Labute approximate surface area is 133 Å². The zero-order chi connectivity index (χ0) is 15.8. The molecule has 0 aliphatic rings. The number of fused-ring (bicyclic) bond motifs is 1. The molecular weight excluding hydrogens is 286 g/mol. The van der Waals surface area contributed by atoms with Crippen LogP contribution < -0.4 is 0 Å². The summed E-state index contributed by atoms with van der Waals surface area (Å²) in [6.45, 7) is 0. The van der Waals surface area contributed by atoms with Crippen LogP contribution in [0.2, 0.25) is 0 Å². The van der Waals surface area contributed by atoms with Gasteiger partial charge in [0.1, 0.15) is 5.76 Å². The smallest absolute Gasteiger partial charge is 0.177 e. The fourth-order valence-electron chi connectivity index (χ4n) is 2.72. The van der Waals surface area contributed by atoms with Crippen LogP contribution in [0.4, 0.5) is 0 Å². The van der Waals surface area contributed by atoms with Crippen molar-refractivity contribution in [3.8, 4) is 29.0 Å². The van der Waals surface area contributed by atoms with E-state index < -0.39 is 0 Å². The van der Waals surface area contributed by atoms with Crippen LogP contribution in [-0.2, 0) is 7.05 Å². The Morgan fingerprint density at radius 2 is 1.83 bits per heavy atom. The number of benzene rings is 2. The largest absolute Gasteiger partial charge is 0.453 e. The van der Waals surface area contributed by atoms with E-state index in [0.29, 0.717) is 11.3 Å². The van der Waals surface area contributed by atoms with E-state index in [2.05, 4.69) is 11.1 Å². The molecule has 0 aliphatic carbocycles. The highest BCUT2D eigenvalue weighted by atomic mass is 16.3. The molecule has 0 unspecified atom stereocenters. The summed E-state index contributed by atoms with van der Waals surface area (Å²) in [5.74, 6) is 2.22. The minimum Gasteiger partial charge on any atom is -0.453 e. The van der Waals surface area contributed by atoms with E-state index in [-0.39, 0.29) is 0 Å². The maximum atomic E-state index is 9.02. The lowest BCUT2D eigenvalue weighted by molar-refractivity contribution is 0.589. The molecule has 0 aliphatic heterocycles. The van der Waals surface area contributed by atoms with Crippen LogP contribution >= 0.6 is 0 Å². The summed E-state index contributed by atoms with van der Waals surface area (Å²) in [5.41, 5.74) is 3.50. The molecule has 4 nitrogen and oxygen atoms in total. The van der Waals surface area contributed by atoms with Gasteiger partial charge in [0.05, 0.1) is 22.7 Å². The first-order chi connectivity index (χ1) is 11.3. The van der Waals surface area contributed by atoms with E-state index >= 15 is 0 Å². The van der Waals surface area contributed by atoms with E-state index in [1.54, 1.807) is 6.07 Å². The van der Waals surface area contributed by atoms with Crippen molar-refractivity contribution in [1.82, 2.24) is 9.55 Å². The van der Waals surface area contributed by atoms with Gasteiger partial charge in [0.2, 0.25) is 0 Å². The number of hydrogen-bond acceptors (Lipinski definition) is 3. The summed E-state index contributed by atoms with van der Waals surface area (Å²) in [5, 5.41) is 9.02. The molecule has 0 bridgehead atoms. The van der Waals surface area contributed by atoms with Crippen LogP contribution in [0.25, 0.3) is 33.9 Å². The van der Waals surface area contributed by atoms with E-state index in [0.717, 1.165) is 28.2 Å². The Bertz CT molecular complexity index is 1050. The molecule has 0 saturated heterocycles. The Morgan fingerprint density at radius 3 is 2.65 bits per heavy atom. The van der Waals surface area contributed by atoms with Crippen LogP contribution in [0.15, 0.2) is 65.1 Å². The predicted molar refractivity (Wildman–Crippen MR) is 88.6 cm³/mol. The number of rotatable bonds is 2. The summed E-state index contributed by atoms with van der Waals surface area (Å²) >= 11 is 0. The van der Waals surface area contributed by atoms with Gasteiger partial charge in [-0.3, -0.25) is 0 Å². The van der Waals surface area contributed by atoms with Gasteiger partial charge in [-0.25, -0.2) is 4.98 Å². The van der Waals surface area contributed by atoms with E-state index in [1.807, 2.05) is 66.2 Å². The molecule has 2 heterocycles. The number of hydrogen-bond donors (Lipinski definition) is 0. The van der Waals surface area contributed by atoms with Gasteiger partial charge in [-0.15, -0.1) is 0 Å². The second-order valence-corrected chi connectivity index (χ2v) is 5.34. The van der Waals surface area contributed by atoms with Gasteiger partial charge in [-0.2, -0.15) is 5.26 Å². The van der Waals surface area contributed by atoms with Gasteiger partial charge in [0.15, 0.2) is 11.6 Å². The summed E-state index contributed by atoms with van der Waals surface area (Å²) < 4.78 is 7.99. The first kappa shape index (κ1) is 13.4. The third kappa shape index (κ3) is 2.19. The molecule has 2 aromatic carbocycles. The first-order valence-corrected chi connectivity index (χ1v) is 7.28. The van der Waals surface area contributed by atoms with Gasteiger partial charge in [0.25, 0.3) is 0 Å². The number of imidazole rings is 1. The molecule has 4 rings (SSSR count). The van der Waals surface area contributed by atoms with Gasteiger partial charge in [0, 0.05) is 12.6 Å². The molecular formula is C19H13N3O. The minimum atomic E-state index is 0.614. The fraction of sp³-hybridized carbons (Fsp3) is 0.0526. The van der Waals surface area contributed by atoms with Crippen LogP contribution in [0.5, 0.6) is 0 Å². The zero-order valence-corrected chi connectivity index (χ0v) is 12.5. The Morgan fingerprint density at radius 1 is 1.00 bits per heavy atom. The standard InChI is InChI=1S/C19H13N3O/c1-22-16-8-3-2-7-15(16)21-19(22)18-10-9-17(23-18)14-6-4-5-13(11-14)12-20/h2-11H,1H3. The number of aromatic nitrogens is 2. The SMILES string of the molecule is Cn1c(-c2ccc(-c3cccc(C#N)c3)o2)nc2ccccc21. The normalized spacial score (nSPS) is 10.8. The second kappa shape index (κ2) is 5.15. The molecule has 0 saturated carbocycles. The average Bonchev–Trinajstić information content (AvgIpc) is 3.20. The summed E-state index contributed by atoms with van der Waals surface area (Å²) in [6, 6.07) is 21.3. The zero-order valence-electron chi connectivity index (χ0n) is 12.5. The highest BCUT2D eigenvalue weighted by Crippen LogP contribution is 2.30. The molecule has 2 aromatic heterocycles. The first-order valence-electron chi connectivity index (χ1n) is 7.28. The van der Waals surface area contributed by atoms with E-state index in [1.165, 1.54) is 0 Å². The number of aryl methyl sites for hydroxylation is 1. The minimum absolute atomic E-state index is 0.614. The summed E-state index contributed by atoms with van der Waals surface area (Å²) in [7, 11) is 1.98. The van der Waals surface area contributed by atoms with Crippen LogP contribution in [-0.4, -0.2) is 9.55 Å². The lowest BCUT2D eigenvalue weighted by Gasteiger charge is -2.00. The van der Waals surface area contributed by atoms with Crippen molar-refractivity contribution in [1.29, 1.82) is 5.26 Å². The van der Waals surface area contributed by atoms with Crippen molar-refractivity contribution < 1.29 is 4.42 Å². The second-order valence-electron chi connectivity index (χ2n) is 5.34. The van der Waals surface area contributed by atoms with Crippen molar-refractivity contribution in [2.45, 2.75) is 0 Å². The molecule has 0 N–H and O–H groups in total. The van der Waals surface area contributed by atoms with Crippen molar-refractivity contribution in [2.24, 2.45) is 7.05 Å². The summed E-state index contributed by atoms with van der Waals surface area (Å²) in [4.78, 5) is 4.64. The van der Waals surface area contributed by atoms with Crippen LogP contribution in [0.1, 0.15) is 5.56 Å². The Balaban J connectivity index is 1.80. The molecule has 4 aromatic rings. The molecule has 0 amide bonds. The molecule has 110 valence electrons. The molecule has 0 radical (unpaired) electrons. The molecule has 0 atom stereocenters. The van der Waals surface area contributed by atoms with E-state index in [9.17, 15) is 0 Å². The van der Waals surface area contributed by atoms with Gasteiger partial charge in [-0.1, -0.05) is 24.3 Å². The van der Waals surface area contributed by atoms with Crippen molar-refractivity contribution in [2.75, 3.05) is 0 Å². The lowest BCUT2D eigenvalue weighted by atomic mass is 10.1. The Hall–Kier alpha value is -3.32. The highest BCUT2D eigenvalue weighted by Gasteiger charge is 2.14. The highest BCUT2D eigenvalue weighted by molar-refractivity contribution is 5.80. The predicted octanol–water partition coefficient (Wildman–Crippen LogP) is 4.37. The topological polar surface area (TPSA) is 54.8 Å². The monoisotopic (exact) mass is 299 g/mol. The molecule has 4 heteroatoms. The average molecular weight is 299 g/mol. The molecule has 0 spiro atoms. The van der Waals surface area contributed by atoms with Gasteiger partial charge in [-0.05, 0) is 36.4 Å².